The van der Waals surface area contributed by atoms with Gasteiger partial charge in [-0.2, -0.15) is 0 Å². The number of halogens is 2. The normalized spacial score (nSPS) is 13.6. The number of benzene rings is 1. The van der Waals surface area contributed by atoms with Gasteiger partial charge in [0.15, 0.2) is 0 Å². The number of sulfonamides is 1. The summed E-state index contributed by atoms with van der Waals surface area (Å²) < 4.78 is 32.4. The SMILES string of the molecule is O=S(=O)(Nc1ccc2c(c1)CCO2)c1cnc(Cl)c(Cl)c1. The molecule has 0 bridgehead atoms. The molecule has 2 aromatic rings. The highest BCUT2D eigenvalue weighted by molar-refractivity contribution is 7.92. The molecule has 0 spiro atoms. The number of nitrogens with zero attached hydrogens (tertiary/aromatic N) is 1. The van der Waals surface area contributed by atoms with E-state index in [1.54, 1.807) is 18.2 Å². The van der Waals surface area contributed by atoms with Gasteiger partial charge in [-0.15, -0.1) is 0 Å². The molecule has 0 saturated carbocycles. The Morgan fingerprint density at radius 1 is 1.24 bits per heavy atom. The zero-order valence-electron chi connectivity index (χ0n) is 10.6. The summed E-state index contributed by atoms with van der Waals surface area (Å²) in [5.74, 6) is 0.786. The minimum Gasteiger partial charge on any atom is -0.493 e. The number of ether oxygens (including phenoxy) is 1. The van der Waals surface area contributed by atoms with Crippen molar-refractivity contribution in [2.24, 2.45) is 0 Å². The molecule has 0 radical (unpaired) electrons. The first-order valence-corrected chi connectivity index (χ1v) is 8.29. The Bertz CT molecular complexity index is 809. The van der Waals surface area contributed by atoms with Crippen LogP contribution in [0.2, 0.25) is 10.2 Å². The fourth-order valence-electron chi connectivity index (χ4n) is 2.01. The highest BCUT2D eigenvalue weighted by atomic mass is 35.5. The lowest BCUT2D eigenvalue weighted by Gasteiger charge is -2.09. The molecule has 1 N–H and O–H groups in total. The summed E-state index contributed by atoms with van der Waals surface area (Å²) in [6.07, 6.45) is 1.92. The summed E-state index contributed by atoms with van der Waals surface area (Å²) in [5, 5.41) is 0.146. The lowest BCUT2D eigenvalue weighted by atomic mass is 10.1. The first-order chi connectivity index (χ1) is 9.95. The van der Waals surface area contributed by atoms with Crippen molar-refractivity contribution in [1.29, 1.82) is 0 Å². The van der Waals surface area contributed by atoms with Crippen molar-refractivity contribution in [3.63, 3.8) is 0 Å². The molecule has 0 amide bonds. The summed E-state index contributed by atoms with van der Waals surface area (Å²) in [6, 6.07) is 6.40. The lowest BCUT2D eigenvalue weighted by molar-refractivity contribution is 0.357. The standard InChI is InChI=1S/C13H10Cl2N2O3S/c14-11-6-10(7-16-13(11)15)21(18,19)17-9-1-2-12-8(5-9)3-4-20-12/h1-2,5-7,17H,3-4H2. The van der Waals surface area contributed by atoms with Gasteiger partial charge in [0.25, 0.3) is 10.0 Å². The van der Waals surface area contributed by atoms with Crippen molar-refractivity contribution in [1.82, 2.24) is 4.98 Å². The molecule has 5 nitrogen and oxygen atoms in total. The molecular formula is C13H10Cl2N2O3S. The second-order valence-electron chi connectivity index (χ2n) is 4.47. The third-order valence-corrected chi connectivity index (χ3v) is 5.06. The van der Waals surface area contributed by atoms with Crippen molar-refractivity contribution in [2.75, 3.05) is 11.3 Å². The van der Waals surface area contributed by atoms with Gasteiger partial charge in [0.05, 0.1) is 11.6 Å². The Kier molecular flexibility index (Phi) is 3.69. The first-order valence-electron chi connectivity index (χ1n) is 6.05. The second-order valence-corrected chi connectivity index (χ2v) is 6.92. The monoisotopic (exact) mass is 344 g/mol. The van der Waals surface area contributed by atoms with E-state index in [2.05, 4.69) is 9.71 Å². The molecule has 0 fully saturated rings. The van der Waals surface area contributed by atoms with Gasteiger partial charge >= 0.3 is 0 Å². The van der Waals surface area contributed by atoms with Gasteiger partial charge < -0.3 is 4.74 Å². The van der Waals surface area contributed by atoms with E-state index in [1.165, 1.54) is 6.07 Å². The van der Waals surface area contributed by atoms with E-state index in [0.29, 0.717) is 12.3 Å². The molecule has 8 heteroatoms. The summed E-state index contributed by atoms with van der Waals surface area (Å²) in [5.41, 5.74) is 1.44. The molecule has 2 heterocycles. The fourth-order valence-corrected chi connectivity index (χ4v) is 3.37. The zero-order chi connectivity index (χ0) is 15.0. The van der Waals surface area contributed by atoms with Crippen LogP contribution in [0, 0.1) is 0 Å². The van der Waals surface area contributed by atoms with Gasteiger partial charge in [-0.3, -0.25) is 4.72 Å². The Morgan fingerprint density at radius 3 is 2.81 bits per heavy atom. The first kappa shape index (κ1) is 14.4. The van der Waals surface area contributed by atoms with Crippen molar-refractivity contribution < 1.29 is 13.2 Å². The summed E-state index contributed by atoms with van der Waals surface area (Å²) >= 11 is 11.5. The molecule has 1 aliphatic rings. The highest BCUT2D eigenvalue weighted by Gasteiger charge is 2.18. The summed E-state index contributed by atoms with van der Waals surface area (Å²) in [6.45, 7) is 0.613. The Hall–Kier alpha value is -1.50. The van der Waals surface area contributed by atoms with Crippen LogP contribution in [0.25, 0.3) is 0 Å². The fraction of sp³-hybridized carbons (Fsp3) is 0.154. The predicted molar refractivity (Wildman–Crippen MR) is 80.7 cm³/mol. The topological polar surface area (TPSA) is 68.3 Å². The zero-order valence-corrected chi connectivity index (χ0v) is 13.0. The van der Waals surface area contributed by atoms with Crippen molar-refractivity contribution in [2.45, 2.75) is 11.3 Å². The lowest BCUT2D eigenvalue weighted by Crippen LogP contribution is -2.13. The third kappa shape index (κ3) is 2.92. The quantitative estimate of drug-likeness (QED) is 0.868. The van der Waals surface area contributed by atoms with E-state index in [9.17, 15) is 8.42 Å². The van der Waals surface area contributed by atoms with Gasteiger partial charge in [0.2, 0.25) is 0 Å². The van der Waals surface area contributed by atoms with E-state index in [4.69, 9.17) is 27.9 Å². The molecule has 0 atom stereocenters. The summed E-state index contributed by atoms with van der Waals surface area (Å²) in [7, 11) is -3.77. The molecule has 0 saturated heterocycles. The van der Waals surface area contributed by atoms with Gasteiger partial charge in [0, 0.05) is 18.3 Å². The van der Waals surface area contributed by atoms with Gasteiger partial charge in [0.1, 0.15) is 15.8 Å². The minimum atomic E-state index is -3.77. The van der Waals surface area contributed by atoms with E-state index >= 15 is 0 Å². The van der Waals surface area contributed by atoms with Crippen LogP contribution in [0.5, 0.6) is 5.75 Å². The molecule has 0 unspecified atom stereocenters. The van der Waals surface area contributed by atoms with Gasteiger partial charge in [-0.1, -0.05) is 23.2 Å². The van der Waals surface area contributed by atoms with Crippen LogP contribution in [-0.4, -0.2) is 20.0 Å². The molecule has 3 rings (SSSR count). The number of fused-ring (bicyclic) bond motifs is 1. The Labute approximate surface area is 131 Å². The van der Waals surface area contributed by atoms with E-state index in [0.717, 1.165) is 23.9 Å². The molecular weight excluding hydrogens is 335 g/mol. The van der Waals surface area contributed by atoms with Crippen LogP contribution in [0.1, 0.15) is 5.56 Å². The van der Waals surface area contributed by atoms with Crippen molar-refractivity contribution >= 4 is 38.9 Å². The molecule has 0 aliphatic carbocycles. The Balaban J connectivity index is 1.90. The number of pyridine rings is 1. The number of rotatable bonds is 3. The number of hydrogen-bond donors (Lipinski definition) is 1. The molecule has 110 valence electrons. The predicted octanol–water partition coefficient (Wildman–Crippen LogP) is 3.12. The number of anilines is 1. The summed E-state index contributed by atoms with van der Waals surface area (Å²) in [4.78, 5) is 3.69. The minimum absolute atomic E-state index is 0.0475. The van der Waals surface area contributed by atoms with Gasteiger partial charge in [-0.05, 0) is 29.8 Å². The van der Waals surface area contributed by atoms with Crippen LogP contribution < -0.4 is 9.46 Å². The van der Waals surface area contributed by atoms with Crippen LogP contribution in [-0.2, 0) is 16.4 Å². The van der Waals surface area contributed by atoms with Crippen molar-refractivity contribution in [3.8, 4) is 5.75 Å². The average molecular weight is 345 g/mol. The molecule has 21 heavy (non-hydrogen) atoms. The molecule has 1 aliphatic heterocycles. The Morgan fingerprint density at radius 2 is 2.05 bits per heavy atom. The largest absolute Gasteiger partial charge is 0.493 e. The second kappa shape index (κ2) is 5.36. The number of nitrogens with one attached hydrogen (secondary N) is 1. The van der Waals surface area contributed by atoms with Crippen molar-refractivity contribution in [3.05, 3.63) is 46.2 Å². The third-order valence-electron chi connectivity index (χ3n) is 3.02. The molecule has 1 aromatic heterocycles. The van der Waals surface area contributed by atoms with E-state index in [1.807, 2.05) is 0 Å². The average Bonchev–Trinajstić information content (AvgIpc) is 2.88. The van der Waals surface area contributed by atoms with Crippen LogP contribution in [0.3, 0.4) is 0 Å². The molecule has 1 aromatic carbocycles. The van der Waals surface area contributed by atoms with Crippen LogP contribution >= 0.6 is 23.2 Å². The number of aromatic nitrogens is 1. The maximum absolute atomic E-state index is 12.3. The van der Waals surface area contributed by atoms with E-state index < -0.39 is 10.0 Å². The smallest absolute Gasteiger partial charge is 0.263 e. The number of hydrogen-bond acceptors (Lipinski definition) is 4. The van der Waals surface area contributed by atoms with Gasteiger partial charge in [-0.25, -0.2) is 13.4 Å². The van der Waals surface area contributed by atoms with Crippen LogP contribution in [0.4, 0.5) is 5.69 Å². The maximum Gasteiger partial charge on any atom is 0.263 e. The highest BCUT2D eigenvalue weighted by Crippen LogP contribution is 2.29. The maximum atomic E-state index is 12.3. The van der Waals surface area contributed by atoms with Crippen LogP contribution in [0.15, 0.2) is 35.4 Å². The van der Waals surface area contributed by atoms with E-state index in [-0.39, 0.29) is 15.1 Å².